The average molecular weight is 752 g/mol. The number of ether oxygens (including phenoxy) is 4. The van der Waals surface area contributed by atoms with E-state index in [0.29, 0.717) is 36.2 Å². The summed E-state index contributed by atoms with van der Waals surface area (Å²) in [4.78, 5) is 63.8. The Morgan fingerprint density at radius 2 is 1.40 bits per heavy atom. The van der Waals surface area contributed by atoms with Crippen LogP contribution in [0.25, 0.3) is 0 Å². The second-order valence-corrected chi connectivity index (χ2v) is 12.5. The van der Waals surface area contributed by atoms with Crippen LogP contribution in [0.3, 0.4) is 0 Å². The van der Waals surface area contributed by atoms with Crippen LogP contribution in [0.5, 0.6) is 0 Å². The molecule has 4 rings (SSSR count). The van der Waals surface area contributed by atoms with E-state index in [2.05, 4.69) is 34.3 Å². The van der Waals surface area contributed by atoms with Gasteiger partial charge in [0.25, 0.3) is 0 Å². The summed E-state index contributed by atoms with van der Waals surface area (Å²) in [6, 6.07) is 18.8. The van der Waals surface area contributed by atoms with Gasteiger partial charge in [-0.15, -0.1) is 0 Å². The first-order chi connectivity index (χ1) is 26.6. The van der Waals surface area contributed by atoms with Gasteiger partial charge in [-0.05, 0) is 52.4 Å². The average Bonchev–Trinajstić information content (AvgIpc) is 3.63. The van der Waals surface area contributed by atoms with Gasteiger partial charge in [0.15, 0.2) is 13.2 Å². The number of nitrogens with one attached hydrogen (secondary N) is 2. The molecule has 288 valence electrons. The first-order valence-corrected chi connectivity index (χ1v) is 17.6. The molecule has 1 aliphatic heterocycles. The van der Waals surface area contributed by atoms with Crippen molar-refractivity contribution in [2.75, 3.05) is 34.0 Å². The lowest BCUT2D eigenvalue weighted by Gasteiger charge is -2.22. The monoisotopic (exact) mass is 751 g/mol. The summed E-state index contributed by atoms with van der Waals surface area (Å²) in [5, 5.41) is 5.37. The van der Waals surface area contributed by atoms with E-state index in [4.69, 9.17) is 30.4 Å². The molecule has 3 aromatic carbocycles. The number of nitrogens with two attached hydrogens (primary N) is 2. The van der Waals surface area contributed by atoms with Gasteiger partial charge in [0.1, 0.15) is 6.04 Å². The van der Waals surface area contributed by atoms with Crippen molar-refractivity contribution in [3.05, 3.63) is 106 Å². The van der Waals surface area contributed by atoms with Gasteiger partial charge in [-0.2, -0.15) is 0 Å². The number of nitrogens with zero attached hydrogens (tertiary/aromatic N) is 1. The predicted molar refractivity (Wildman–Crippen MR) is 201 cm³/mol. The summed E-state index contributed by atoms with van der Waals surface area (Å²) < 4.78 is 20.1. The van der Waals surface area contributed by atoms with E-state index >= 15 is 0 Å². The maximum atomic E-state index is 13.1. The summed E-state index contributed by atoms with van der Waals surface area (Å²) >= 11 is 0. The standard InChI is InChI=1S/C41H45N5O9/c1-52-38(48)22-34-19-30(8-4-16-54-40(50)44-26-33-7-3-6-32(21-33)25-43)18-31(20-34)9-5-17-55-41(51)45-35-23-36(39(49)53-2)46(27-35)37(47)15-14-28-10-12-29(24-42)13-11-28/h3,6-7,10-13,18-21,35-36H,14-17,22-27,42-43H2,1-2H3,(H,44,50)(H,45,51). The lowest BCUT2D eigenvalue weighted by Crippen LogP contribution is -2.42. The molecule has 2 atom stereocenters. The van der Waals surface area contributed by atoms with E-state index in [0.717, 1.165) is 22.3 Å². The summed E-state index contributed by atoms with van der Waals surface area (Å²) in [6.45, 7) is 0.750. The van der Waals surface area contributed by atoms with Crippen LogP contribution in [0.2, 0.25) is 0 Å². The first kappa shape index (κ1) is 41.4. The zero-order valence-electron chi connectivity index (χ0n) is 30.9. The zero-order valence-corrected chi connectivity index (χ0v) is 30.9. The minimum Gasteiger partial charge on any atom is -0.469 e. The first-order valence-electron chi connectivity index (χ1n) is 17.6. The van der Waals surface area contributed by atoms with Crippen LogP contribution < -0.4 is 22.1 Å². The number of hydrogen-bond acceptors (Lipinski definition) is 11. The number of rotatable bonds is 13. The maximum absolute atomic E-state index is 13.1. The topological polar surface area (TPSA) is 202 Å². The van der Waals surface area contributed by atoms with Crippen LogP contribution in [0.15, 0.2) is 66.7 Å². The van der Waals surface area contributed by atoms with Crippen molar-refractivity contribution >= 4 is 30.0 Å². The largest absolute Gasteiger partial charge is 0.469 e. The predicted octanol–water partition coefficient (Wildman–Crippen LogP) is 2.45. The van der Waals surface area contributed by atoms with Crippen molar-refractivity contribution in [3.8, 4) is 23.7 Å². The third-order valence-corrected chi connectivity index (χ3v) is 8.55. The van der Waals surface area contributed by atoms with Gasteiger partial charge in [0, 0.05) is 50.1 Å². The Morgan fingerprint density at radius 1 is 0.764 bits per heavy atom. The number of amides is 3. The fourth-order valence-electron chi connectivity index (χ4n) is 5.77. The zero-order chi connectivity index (χ0) is 39.6. The summed E-state index contributed by atoms with van der Waals surface area (Å²) in [5.74, 6) is 10.1. The molecule has 6 N–H and O–H groups in total. The summed E-state index contributed by atoms with van der Waals surface area (Å²) in [7, 11) is 2.54. The van der Waals surface area contributed by atoms with E-state index in [-0.39, 0.29) is 51.5 Å². The van der Waals surface area contributed by atoms with Crippen LogP contribution in [0.4, 0.5) is 9.59 Å². The Hall–Kier alpha value is -6.35. The number of likely N-dealkylation sites (tertiary alicyclic amines) is 1. The summed E-state index contributed by atoms with van der Waals surface area (Å²) in [6.07, 6.45) is -0.610. The van der Waals surface area contributed by atoms with Gasteiger partial charge in [-0.25, -0.2) is 14.4 Å². The van der Waals surface area contributed by atoms with E-state index < -0.39 is 36.2 Å². The molecule has 0 radical (unpaired) electrons. The third kappa shape index (κ3) is 13.5. The lowest BCUT2D eigenvalue weighted by molar-refractivity contribution is -0.150. The molecule has 1 saturated heterocycles. The number of carbonyl (C=O) groups is 5. The molecule has 1 heterocycles. The molecule has 14 nitrogen and oxygen atoms in total. The molecule has 0 aliphatic carbocycles. The molecular weight excluding hydrogens is 706 g/mol. The van der Waals surface area contributed by atoms with Crippen molar-refractivity contribution in [2.45, 2.75) is 57.4 Å². The van der Waals surface area contributed by atoms with Crippen LogP contribution in [-0.4, -0.2) is 81.0 Å². The molecule has 55 heavy (non-hydrogen) atoms. The second-order valence-electron chi connectivity index (χ2n) is 12.5. The van der Waals surface area contributed by atoms with Crippen molar-refractivity contribution in [2.24, 2.45) is 11.5 Å². The molecule has 3 amide bonds. The van der Waals surface area contributed by atoms with Crippen LogP contribution >= 0.6 is 0 Å². The number of aryl methyl sites for hydroxylation is 1. The number of methoxy groups -OCH3 is 2. The Balaban J connectivity index is 1.29. The third-order valence-electron chi connectivity index (χ3n) is 8.55. The Morgan fingerprint density at radius 3 is 2.04 bits per heavy atom. The van der Waals surface area contributed by atoms with Gasteiger partial charge in [-0.1, -0.05) is 72.2 Å². The minimum absolute atomic E-state index is 0.0285. The second kappa shape index (κ2) is 21.4. The molecule has 1 aliphatic rings. The fraction of sp³-hybridized carbons (Fsp3) is 0.341. The number of benzene rings is 3. The molecular formula is C41H45N5O9. The van der Waals surface area contributed by atoms with Gasteiger partial charge >= 0.3 is 24.1 Å². The number of alkyl carbamates (subject to hydrolysis) is 2. The number of esters is 2. The van der Waals surface area contributed by atoms with Crippen molar-refractivity contribution < 1.29 is 42.9 Å². The molecule has 1 fully saturated rings. The summed E-state index contributed by atoms with van der Waals surface area (Å²) in [5.41, 5.74) is 16.7. The molecule has 2 unspecified atom stereocenters. The van der Waals surface area contributed by atoms with E-state index in [1.54, 1.807) is 18.2 Å². The molecule has 3 aromatic rings. The molecule has 0 saturated carbocycles. The highest BCUT2D eigenvalue weighted by Crippen LogP contribution is 2.21. The van der Waals surface area contributed by atoms with Crippen LogP contribution in [0.1, 0.15) is 51.8 Å². The molecule has 14 heteroatoms. The van der Waals surface area contributed by atoms with Crippen molar-refractivity contribution in [1.82, 2.24) is 15.5 Å². The van der Waals surface area contributed by atoms with Crippen molar-refractivity contribution in [3.63, 3.8) is 0 Å². The van der Waals surface area contributed by atoms with Gasteiger partial charge < -0.3 is 45.9 Å². The molecule has 0 aromatic heterocycles. The lowest BCUT2D eigenvalue weighted by atomic mass is 10.0. The van der Waals surface area contributed by atoms with Crippen LogP contribution in [0, 0.1) is 23.7 Å². The normalized spacial score (nSPS) is 14.3. The SMILES string of the molecule is COC(=O)Cc1cc(C#CCOC(=O)NCc2cccc(CN)c2)cc(C#CCOC(=O)NC2CC(C(=O)OC)N(C(=O)CCc3ccc(CN)cc3)C2)c1. The van der Waals surface area contributed by atoms with E-state index in [9.17, 15) is 24.0 Å². The minimum atomic E-state index is -0.842. The smallest absolute Gasteiger partial charge is 0.408 e. The van der Waals surface area contributed by atoms with Gasteiger partial charge in [0.05, 0.1) is 26.7 Å². The van der Waals surface area contributed by atoms with Crippen molar-refractivity contribution in [1.29, 1.82) is 0 Å². The highest BCUT2D eigenvalue weighted by atomic mass is 16.6. The Labute approximate surface area is 320 Å². The maximum Gasteiger partial charge on any atom is 0.408 e. The molecule has 0 bridgehead atoms. The van der Waals surface area contributed by atoms with E-state index in [1.165, 1.54) is 19.1 Å². The Bertz CT molecular complexity index is 1960. The number of carbonyl (C=O) groups excluding carboxylic acids is 5. The Kier molecular flexibility index (Phi) is 16.1. The van der Waals surface area contributed by atoms with Gasteiger partial charge in [0.2, 0.25) is 5.91 Å². The fourth-order valence-corrected chi connectivity index (χ4v) is 5.77. The molecule has 0 spiro atoms. The van der Waals surface area contributed by atoms with E-state index in [1.807, 2.05) is 48.5 Å². The highest BCUT2D eigenvalue weighted by Gasteiger charge is 2.40. The quantitative estimate of drug-likeness (QED) is 0.114. The highest BCUT2D eigenvalue weighted by molar-refractivity contribution is 5.85. The number of hydrogen-bond donors (Lipinski definition) is 4. The van der Waals surface area contributed by atoms with Gasteiger partial charge in [-0.3, -0.25) is 9.59 Å². The van der Waals surface area contributed by atoms with Crippen LogP contribution in [-0.2, 0) is 65.8 Å².